The number of hydrogen-bond acceptors (Lipinski definition) is 5. The Morgan fingerprint density at radius 3 is 2.44 bits per heavy atom. The molecule has 0 heterocycles. The molecule has 2 aromatic carbocycles. The van der Waals surface area contributed by atoms with Crippen molar-refractivity contribution in [1.82, 2.24) is 5.43 Å². The maximum absolute atomic E-state index is 11.8. The Bertz CT molecular complexity index is 764. The number of rotatable bonds is 7. The van der Waals surface area contributed by atoms with Crippen molar-refractivity contribution in [2.45, 2.75) is 0 Å². The normalized spacial score (nSPS) is 10.6. The molecule has 0 spiro atoms. The molecule has 2 N–H and O–H groups in total. The van der Waals surface area contributed by atoms with E-state index in [1.807, 2.05) is 24.3 Å². The highest BCUT2D eigenvalue weighted by atomic mass is 79.9. The van der Waals surface area contributed by atoms with Crippen LogP contribution in [0.25, 0.3) is 0 Å². The molecule has 0 aliphatic rings. The van der Waals surface area contributed by atoms with Crippen LogP contribution in [-0.4, -0.2) is 32.9 Å². The molecule has 0 saturated heterocycles. The third-order valence-corrected chi connectivity index (χ3v) is 4.34. The number of ether oxygens (including phenoxy) is 2. The molecule has 0 unspecified atom stereocenters. The fraction of sp³-hybridized carbons (Fsp3) is 0.176. The first kappa shape index (κ1) is 19.3. The zero-order chi connectivity index (χ0) is 18.2. The zero-order valence-electron chi connectivity index (χ0n) is 13.7. The summed E-state index contributed by atoms with van der Waals surface area (Å²) < 4.78 is 12.3. The molecule has 1 amide bonds. The van der Waals surface area contributed by atoms with Gasteiger partial charge in [-0.05, 0) is 46.3 Å². The highest BCUT2D eigenvalue weighted by molar-refractivity contribution is 9.10. The first-order valence-corrected chi connectivity index (χ1v) is 8.85. The first-order valence-electron chi connectivity index (χ1n) is 7.26. The smallest absolute Gasteiger partial charge is 0.259 e. The van der Waals surface area contributed by atoms with Crippen molar-refractivity contribution in [1.29, 1.82) is 0 Å². The van der Waals surface area contributed by atoms with Crippen molar-refractivity contribution in [2.75, 3.05) is 26.1 Å². The van der Waals surface area contributed by atoms with E-state index in [4.69, 9.17) is 9.47 Å². The van der Waals surface area contributed by atoms with Crippen LogP contribution in [0.5, 0.6) is 11.5 Å². The van der Waals surface area contributed by atoms with Crippen LogP contribution in [0.1, 0.15) is 5.56 Å². The van der Waals surface area contributed by atoms with Gasteiger partial charge in [0.15, 0.2) is 0 Å². The highest BCUT2D eigenvalue weighted by Crippen LogP contribution is 2.31. The molecule has 8 heteroatoms. The number of hydrazone groups is 1. The van der Waals surface area contributed by atoms with Crippen molar-refractivity contribution in [2.24, 2.45) is 5.10 Å². The fourth-order valence-electron chi connectivity index (χ4n) is 1.95. The maximum atomic E-state index is 11.8. The molecule has 0 aromatic heterocycles. The summed E-state index contributed by atoms with van der Waals surface area (Å²) in [5.41, 5.74) is 4.02. The van der Waals surface area contributed by atoms with E-state index >= 15 is 0 Å². The molecule has 0 fully saturated rings. The largest absolute Gasteiger partial charge is 0.496 e. The van der Waals surface area contributed by atoms with E-state index in [-0.39, 0.29) is 12.5 Å². The summed E-state index contributed by atoms with van der Waals surface area (Å²) in [6.07, 6.45) is 1.51. The van der Waals surface area contributed by atoms with Crippen LogP contribution in [-0.2, 0) is 4.79 Å². The third-order valence-electron chi connectivity index (χ3n) is 3.19. The average Bonchev–Trinajstić information content (AvgIpc) is 2.61. The Kier molecular flexibility index (Phi) is 7.27. The SMILES string of the molecule is COc1cc(OC)c(/C=N\NC(=O)CNc2ccc(Br)cc2)cc1Br. The summed E-state index contributed by atoms with van der Waals surface area (Å²) >= 11 is 6.76. The molecule has 0 atom stereocenters. The van der Waals surface area contributed by atoms with Gasteiger partial charge in [0.05, 0.1) is 31.5 Å². The van der Waals surface area contributed by atoms with Crippen molar-refractivity contribution in [3.63, 3.8) is 0 Å². The Morgan fingerprint density at radius 2 is 1.80 bits per heavy atom. The first-order chi connectivity index (χ1) is 12.0. The Hall–Kier alpha value is -2.06. The number of methoxy groups -OCH3 is 2. The van der Waals surface area contributed by atoms with E-state index in [0.29, 0.717) is 17.1 Å². The molecular formula is C17H17Br2N3O3. The number of nitrogens with one attached hydrogen (secondary N) is 2. The van der Waals surface area contributed by atoms with Crippen LogP contribution >= 0.6 is 31.9 Å². The van der Waals surface area contributed by atoms with E-state index in [1.54, 1.807) is 26.4 Å². The van der Waals surface area contributed by atoms with Crippen LogP contribution in [0.4, 0.5) is 5.69 Å². The Morgan fingerprint density at radius 1 is 1.12 bits per heavy atom. The molecule has 132 valence electrons. The predicted octanol–water partition coefficient (Wildman–Crippen LogP) is 3.79. The lowest BCUT2D eigenvalue weighted by molar-refractivity contribution is -0.119. The van der Waals surface area contributed by atoms with Crippen LogP contribution in [0, 0.1) is 0 Å². The zero-order valence-corrected chi connectivity index (χ0v) is 16.8. The molecule has 0 radical (unpaired) electrons. The second kappa shape index (κ2) is 9.43. The molecule has 0 saturated carbocycles. The van der Waals surface area contributed by atoms with E-state index in [0.717, 1.165) is 14.6 Å². The quantitative estimate of drug-likeness (QED) is 0.477. The fourth-order valence-corrected chi connectivity index (χ4v) is 2.73. The Labute approximate surface area is 162 Å². The van der Waals surface area contributed by atoms with Crippen molar-refractivity contribution in [3.05, 3.63) is 50.9 Å². The number of amides is 1. The standard InChI is InChI=1S/C17H17Br2N3O3/c1-24-15-8-16(25-2)14(19)7-11(15)9-21-22-17(23)10-20-13-5-3-12(18)4-6-13/h3-9,20H,10H2,1-2H3,(H,22,23)/b21-9-. The number of hydrogen-bond donors (Lipinski definition) is 2. The molecule has 0 aliphatic carbocycles. The summed E-state index contributed by atoms with van der Waals surface area (Å²) in [5.74, 6) is 0.980. The van der Waals surface area contributed by atoms with E-state index in [2.05, 4.69) is 47.7 Å². The van der Waals surface area contributed by atoms with Crippen molar-refractivity contribution >= 4 is 49.7 Å². The summed E-state index contributed by atoms with van der Waals surface area (Å²) in [4.78, 5) is 11.8. The van der Waals surface area contributed by atoms with E-state index in [1.165, 1.54) is 6.21 Å². The second-order valence-electron chi connectivity index (χ2n) is 4.88. The van der Waals surface area contributed by atoms with Gasteiger partial charge in [-0.1, -0.05) is 15.9 Å². The third kappa shape index (κ3) is 5.75. The highest BCUT2D eigenvalue weighted by Gasteiger charge is 2.08. The van der Waals surface area contributed by atoms with Gasteiger partial charge < -0.3 is 14.8 Å². The topological polar surface area (TPSA) is 72.0 Å². The van der Waals surface area contributed by atoms with Gasteiger partial charge in [-0.15, -0.1) is 0 Å². The lowest BCUT2D eigenvalue weighted by atomic mass is 10.2. The van der Waals surface area contributed by atoms with Gasteiger partial charge >= 0.3 is 0 Å². The number of halogens is 2. The van der Waals surface area contributed by atoms with Crippen molar-refractivity contribution in [3.8, 4) is 11.5 Å². The minimum absolute atomic E-state index is 0.114. The Balaban J connectivity index is 1.92. The van der Waals surface area contributed by atoms with Crippen LogP contribution in [0.15, 0.2) is 50.4 Å². The average molecular weight is 471 g/mol. The monoisotopic (exact) mass is 469 g/mol. The van der Waals surface area contributed by atoms with Gasteiger partial charge in [0.1, 0.15) is 11.5 Å². The number of carbonyl (C=O) groups is 1. The molecule has 25 heavy (non-hydrogen) atoms. The van der Waals surface area contributed by atoms with Gasteiger partial charge in [-0.3, -0.25) is 4.79 Å². The van der Waals surface area contributed by atoms with Gasteiger partial charge in [-0.2, -0.15) is 5.10 Å². The number of benzene rings is 2. The number of anilines is 1. The molecule has 0 bridgehead atoms. The van der Waals surface area contributed by atoms with E-state index < -0.39 is 0 Å². The maximum Gasteiger partial charge on any atom is 0.259 e. The molecule has 2 aromatic rings. The van der Waals surface area contributed by atoms with Gasteiger partial charge in [-0.25, -0.2) is 5.43 Å². The molecule has 0 aliphatic heterocycles. The summed E-state index contributed by atoms with van der Waals surface area (Å²) in [7, 11) is 3.13. The molecular weight excluding hydrogens is 454 g/mol. The van der Waals surface area contributed by atoms with Gasteiger partial charge in [0, 0.05) is 21.8 Å². The van der Waals surface area contributed by atoms with Gasteiger partial charge in [0.2, 0.25) is 0 Å². The van der Waals surface area contributed by atoms with Crippen LogP contribution in [0.3, 0.4) is 0 Å². The lowest BCUT2D eigenvalue weighted by Crippen LogP contribution is -2.25. The van der Waals surface area contributed by atoms with E-state index in [9.17, 15) is 4.79 Å². The van der Waals surface area contributed by atoms with Crippen LogP contribution in [0.2, 0.25) is 0 Å². The summed E-state index contributed by atoms with van der Waals surface area (Å²) in [5, 5.41) is 6.97. The van der Waals surface area contributed by atoms with Crippen LogP contribution < -0.4 is 20.2 Å². The predicted molar refractivity (Wildman–Crippen MR) is 106 cm³/mol. The molecule has 6 nitrogen and oxygen atoms in total. The number of carbonyl (C=O) groups excluding carboxylic acids is 1. The minimum atomic E-state index is -0.259. The minimum Gasteiger partial charge on any atom is -0.496 e. The summed E-state index contributed by atoms with van der Waals surface area (Å²) in [6, 6.07) is 11.1. The number of nitrogens with zero attached hydrogens (tertiary/aromatic N) is 1. The lowest BCUT2D eigenvalue weighted by Gasteiger charge is -2.09. The van der Waals surface area contributed by atoms with Crippen molar-refractivity contribution < 1.29 is 14.3 Å². The summed E-state index contributed by atoms with van der Waals surface area (Å²) in [6.45, 7) is 0.114. The van der Waals surface area contributed by atoms with Gasteiger partial charge in [0.25, 0.3) is 5.91 Å². The molecule has 2 rings (SSSR count). The second-order valence-corrected chi connectivity index (χ2v) is 6.65.